The molecule has 2 heterocycles. The summed E-state index contributed by atoms with van der Waals surface area (Å²) in [6.07, 6.45) is 0. The summed E-state index contributed by atoms with van der Waals surface area (Å²) in [5.41, 5.74) is 3.32. The van der Waals surface area contributed by atoms with Gasteiger partial charge in [0, 0.05) is 36.3 Å². The molecular formula is C21H21N3O4S2. The number of carbonyl (C=O) groups excluding carboxylic acids is 1. The van der Waals surface area contributed by atoms with E-state index < -0.39 is 15.3 Å². The molecule has 0 fully saturated rings. The number of fused-ring (bicyclic) bond motifs is 2. The molecule has 0 amide bonds. The molecule has 4 rings (SSSR count). The van der Waals surface area contributed by atoms with Crippen molar-refractivity contribution in [2.45, 2.75) is 29.2 Å². The van der Waals surface area contributed by atoms with E-state index in [0.29, 0.717) is 21.9 Å². The molecule has 0 saturated carbocycles. The molecule has 0 spiro atoms. The van der Waals surface area contributed by atoms with Gasteiger partial charge in [-0.25, -0.2) is 17.7 Å². The SMILES string of the molecule is Cc1[nH]c2ccccc2c1C(=O)C(C)Sc1nc2cc(S(=O)(=O)N(C)C)ccc2o1. The van der Waals surface area contributed by atoms with Crippen molar-refractivity contribution in [1.29, 1.82) is 0 Å². The second-order valence-electron chi connectivity index (χ2n) is 7.19. The molecule has 7 nitrogen and oxygen atoms in total. The molecule has 4 aromatic rings. The van der Waals surface area contributed by atoms with Crippen LogP contribution >= 0.6 is 11.8 Å². The number of aryl methyl sites for hydroxylation is 1. The Balaban J connectivity index is 1.62. The largest absolute Gasteiger partial charge is 0.431 e. The normalized spacial score (nSPS) is 13.4. The van der Waals surface area contributed by atoms with Crippen molar-refractivity contribution in [3.63, 3.8) is 0 Å². The van der Waals surface area contributed by atoms with Crippen molar-refractivity contribution in [3.8, 4) is 0 Å². The third-order valence-corrected chi connectivity index (χ3v) is 7.66. The van der Waals surface area contributed by atoms with E-state index in [0.717, 1.165) is 20.9 Å². The molecule has 0 radical (unpaired) electrons. The van der Waals surface area contributed by atoms with Crippen LogP contribution < -0.4 is 0 Å². The number of ketones is 1. The highest BCUT2D eigenvalue weighted by atomic mass is 32.2. The lowest BCUT2D eigenvalue weighted by molar-refractivity contribution is 0.0994. The molecular weight excluding hydrogens is 422 g/mol. The number of hydrogen-bond donors (Lipinski definition) is 1. The molecule has 9 heteroatoms. The minimum absolute atomic E-state index is 0.0203. The van der Waals surface area contributed by atoms with Crippen LogP contribution in [-0.4, -0.2) is 47.8 Å². The van der Waals surface area contributed by atoms with Gasteiger partial charge in [0.1, 0.15) is 5.52 Å². The molecule has 30 heavy (non-hydrogen) atoms. The summed E-state index contributed by atoms with van der Waals surface area (Å²) < 4.78 is 31.6. The van der Waals surface area contributed by atoms with Crippen LogP contribution in [0.3, 0.4) is 0 Å². The quantitative estimate of drug-likeness (QED) is 0.354. The van der Waals surface area contributed by atoms with Crippen molar-refractivity contribution in [2.24, 2.45) is 0 Å². The first-order valence-corrected chi connectivity index (χ1v) is 11.6. The van der Waals surface area contributed by atoms with Crippen LogP contribution in [-0.2, 0) is 10.0 Å². The first-order chi connectivity index (χ1) is 14.2. The number of aromatic nitrogens is 2. The predicted molar refractivity (Wildman–Crippen MR) is 118 cm³/mol. The summed E-state index contributed by atoms with van der Waals surface area (Å²) in [6.45, 7) is 3.70. The topological polar surface area (TPSA) is 96.3 Å². The molecule has 0 aliphatic heterocycles. The first-order valence-electron chi connectivity index (χ1n) is 9.30. The Morgan fingerprint density at radius 1 is 1.20 bits per heavy atom. The van der Waals surface area contributed by atoms with Gasteiger partial charge in [0.2, 0.25) is 10.0 Å². The number of hydrogen-bond acceptors (Lipinski definition) is 6. The van der Waals surface area contributed by atoms with E-state index in [1.54, 1.807) is 6.07 Å². The maximum absolute atomic E-state index is 13.1. The number of sulfonamides is 1. The van der Waals surface area contributed by atoms with E-state index in [9.17, 15) is 13.2 Å². The van der Waals surface area contributed by atoms with Crippen molar-refractivity contribution in [2.75, 3.05) is 14.1 Å². The van der Waals surface area contributed by atoms with E-state index >= 15 is 0 Å². The first kappa shape index (κ1) is 20.6. The summed E-state index contributed by atoms with van der Waals surface area (Å²) in [5.74, 6) is -0.0203. The lowest BCUT2D eigenvalue weighted by atomic mass is 10.1. The van der Waals surface area contributed by atoms with Gasteiger partial charge in [0.05, 0.1) is 10.1 Å². The average Bonchev–Trinajstić information content (AvgIpc) is 3.25. The predicted octanol–water partition coefficient (Wildman–Crippen LogP) is 4.23. The zero-order chi connectivity index (χ0) is 21.6. The lowest BCUT2D eigenvalue weighted by Gasteiger charge is -2.10. The minimum atomic E-state index is -3.56. The summed E-state index contributed by atoms with van der Waals surface area (Å²) in [6, 6.07) is 12.2. The highest BCUT2D eigenvalue weighted by Crippen LogP contribution is 2.32. The molecule has 1 atom stereocenters. The van der Waals surface area contributed by atoms with Gasteiger partial charge in [-0.3, -0.25) is 4.79 Å². The third-order valence-electron chi connectivity index (χ3n) is 4.90. The number of rotatable bonds is 6. The molecule has 0 bridgehead atoms. The van der Waals surface area contributed by atoms with Crippen LogP contribution in [0.25, 0.3) is 22.0 Å². The number of H-pyrrole nitrogens is 1. The van der Waals surface area contributed by atoms with Crippen molar-refractivity contribution < 1.29 is 17.6 Å². The van der Waals surface area contributed by atoms with E-state index in [2.05, 4.69) is 9.97 Å². The Hall–Kier alpha value is -2.62. The van der Waals surface area contributed by atoms with Crippen LogP contribution in [0.2, 0.25) is 0 Å². The van der Waals surface area contributed by atoms with Crippen LogP contribution in [0.5, 0.6) is 0 Å². The summed E-state index contributed by atoms with van der Waals surface area (Å²) in [5, 5.41) is 0.784. The molecule has 0 aliphatic rings. The molecule has 156 valence electrons. The van der Waals surface area contributed by atoms with Gasteiger partial charge in [0.25, 0.3) is 5.22 Å². The number of carbonyl (C=O) groups is 1. The molecule has 2 aromatic carbocycles. The Morgan fingerprint density at radius 2 is 1.93 bits per heavy atom. The average molecular weight is 444 g/mol. The fraction of sp³-hybridized carbons (Fsp3) is 0.238. The number of oxazole rings is 1. The highest BCUT2D eigenvalue weighted by molar-refractivity contribution is 8.00. The summed E-state index contributed by atoms with van der Waals surface area (Å²) >= 11 is 1.21. The Bertz CT molecular complexity index is 1370. The Kier molecular flexibility index (Phi) is 5.21. The maximum Gasteiger partial charge on any atom is 0.257 e. The van der Waals surface area contributed by atoms with Crippen LogP contribution in [0, 0.1) is 6.92 Å². The number of nitrogens with zero attached hydrogens (tertiary/aromatic N) is 2. The van der Waals surface area contributed by atoms with Gasteiger partial charge < -0.3 is 9.40 Å². The third kappa shape index (κ3) is 3.53. The van der Waals surface area contributed by atoms with E-state index in [-0.39, 0.29) is 10.7 Å². The monoisotopic (exact) mass is 443 g/mol. The molecule has 1 unspecified atom stereocenters. The number of Topliss-reactive ketones (excluding diaryl/α,β-unsaturated/α-hetero) is 1. The number of para-hydroxylation sites is 1. The van der Waals surface area contributed by atoms with Crippen molar-refractivity contribution in [3.05, 3.63) is 53.7 Å². The number of aromatic amines is 1. The van der Waals surface area contributed by atoms with E-state index in [1.807, 2.05) is 38.1 Å². The maximum atomic E-state index is 13.1. The molecule has 2 aromatic heterocycles. The second-order valence-corrected chi connectivity index (χ2v) is 10.6. The summed E-state index contributed by atoms with van der Waals surface area (Å²) in [4.78, 5) is 20.9. The molecule has 0 saturated heterocycles. The minimum Gasteiger partial charge on any atom is -0.431 e. The van der Waals surface area contributed by atoms with Gasteiger partial charge in [-0.05, 0) is 38.1 Å². The van der Waals surface area contributed by atoms with Crippen molar-refractivity contribution >= 4 is 49.6 Å². The highest BCUT2D eigenvalue weighted by Gasteiger charge is 2.25. The number of thioether (sulfide) groups is 1. The van der Waals surface area contributed by atoms with E-state index in [1.165, 1.54) is 38.0 Å². The zero-order valence-corrected chi connectivity index (χ0v) is 18.6. The fourth-order valence-electron chi connectivity index (χ4n) is 3.31. The lowest BCUT2D eigenvalue weighted by Crippen LogP contribution is -2.22. The van der Waals surface area contributed by atoms with E-state index in [4.69, 9.17) is 4.42 Å². The van der Waals surface area contributed by atoms with Gasteiger partial charge >= 0.3 is 0 Å². The van der Waals surface area contributed by atoms with Gasteiger partial charge in [-0.1, -0.05) is 30.0 Å². The smallest absolute Gasteiger partial charge is 0.257 e. The Labute approximate surface area is 178 Å². The van der Waals surface area contributed by atoms with Gasteiger partial charge in [0.15, 0.2) is 11.4 Å². The molecule has 0 aliphatic carbocycles. The fourth-order valence-corrected chi connectivity index (χ4v) is 5.05. The number of nitrogens with one attached hydrogen (secondary N) is 1. The standard InChI is InChI=1S/C21H21N3O4S2/c1-12-19(15-7-5-6-8-16(15)22-12)20(25)13(2)29-21-23-17-11-14(9-10-18(17)28-21)30(26,27)24(3)4/h5-11,13,22H,1-4H3. The Morgan fingerprint density at radius 3 is 2.67 bits per heavy atom. The summed E-state index contributed by atoms with van der Waals surface area (Å²) in [7, 11) is -0.612. The zero-order valence-electron chi connectivity index (χ0n) is 17.0. The van der Waals surface area contributed by atoms with Gasteiger partial charge in [-0.15, -0.1) is 0 Å². The van der Waals surface area contributed by atoms with Crippen molar-refractivity contribution in [1.82, 2.24) is 14.3 Å². The molecule has 1 N–H and O–H groups in total. The second kappa shape index (κ2) is 7.57. The van der Waals surface area contributed by atoms with Crippen LogP contribution in [0.4, 0.5) is 0 Å². The number of benzene rings is 2. The van der Waals surface area contributed by atoms with Gasteiger partial charge in [-0.2, -0.15) is 0 Å². The van der Waals surface area contributed by atoms with Crippen LogP contribution in [0.15, 0.2) is 57.0 Å². The van der Waals surface area contributed by atoms with Crippen LogP contribution in [0.1, 0.15) is 23.0 Å².